The molecule has 0 fully saturated rings. The van der Waals surface area contributed by atoms with Crippen LogP contribution in [0.15, 0.2) is 47.4 Å². The number of rotatable bonds is 5. The zero-order valence-corrected chi connectivity index (χ0v) is 16.5. The summed E-state index contributed by atoms with van der Waals surface area (Å²) in [6.07, 6.45) is 1.75. The third-order valence-corrected chi connectivity index (χ3v) is 4.32. The zero-order valence-electron chi connectivity index (χ0n) is 16.5. The minimum atomic E-state index is -0.0507. The van der Waals surface area contributed by atoms with Gasteiger partial charge in [0.05, 0.1) is 13.2 Å². The Labute approximate surface area is 159 Å². The maximum Gasteiger partial charge on any atom is 0.252 e. The molecule has 0 unspecified atom stereocenters. The molecule has 0 spiro atoms. The molecule has 2 aromatic heterocycles. The maximum absolute atomic E-state index is 12.4. The fourth-order valence-corrected chi connectivity index (χ4v) is 2.94. The van der Waals surface area contributed by atoms with E-state index in [1.165, 1.54) is 0 Å². The van der Waals surface area contributed by atoms with E-state index in [0.29, 0.717) is 18.1 Å². The van der Waals surface area contributed by atoms with Crippen molar-refractivity contribution in [3.63, 3.8) is 0 Å². The molecule has 0 bridgehead atoms. The van der Waals surface area contributed by atoms with E-state index in [1.807, 2.05) is 31.2 Å². The highest BCUT2D eigenvalue weighted by Crippen LogP contribution is 2.22. The largest absolute Gasteiger partial charge is 0.497 e. The summed E-state index contributed by atoms with van der Waals surface area (Å²) in [6, 6.07) is 11.2. The monoisotopic (exact) mass is 366 g/mol. The number of hydrogen-bond donors (Lipinski definition) is 1. The van der Waals surface area contributed by atoms with Crippen molar-refractivity contribution in [1.82, 2.24) is 14.5 Å². The minimum absolute atomic E-state index is 0.0138. The van der Waals surface area contributed by atoms with Crippen LogP contribution in [0.4, 0.5) is 5.95 Å². The van der Waals surface area contributed by atoms with Gasteiger partial charge in [-0.1, -0.05) is 32.9 Å². The Morgan fingerprint density at radius 2 is 1.85 bits per heavy atom. The summed E-state index contributed by atoms with van der Waals surface area (Å²) in [7, 11) is 1.65. The van der Waals surface area contributed by atoms with E-state index in [4.69, 9.17) is 4.74 Å². The summed E-state index contributed by atoms with van der Waals surface area (Å²) in [5, 5.41) is 4.17. The van der Waals surface area contributed by atoms with E-state index in [1.54, 1.807) is 30.0 Å². The van der Waals surface area contributed by atoms with Crippen LogP contribution in [-0.4, -0.2) is 21.6 Å². The van der Waals surface area contributed by atoms with Crippen LogP contribution in [0.25, 0.3) is 11.0 Å². The van der Waals surface area contributed by atoms with Gasteiger partial charge in [0.1, 0.15) is 11.4 Å². The number of ether oxygens (including phenoxy) is 1. The lowest BCUT2D eigenvalue weighted by Crippen LogP contribution is -2.27. The molecule has 0 amide bonds. The standard InChI is InChI=1S/C21H26N4O2/c1-14(15-6-9-17(27-5)10-7-15)23-20-22-12-16-8-11-18(26)25(19(16)24-20)13-21(2,3)4/h6-12,14H,13H2,1-5H3,(H,22,23,24)/t14-/m0/s1. The molecule has 0 aliphatic rings. The summed E-state index contributed by atoms with van der Waals surface area (Å²) in [4.78, 5) is 21.4. The van der Waals surface area contributed by atoms with E-state index in [9.17, 15) is 4.79 Å². The van der Waals surface area contributed by atoms with E-state index < -0.39 is 0 Å². The summed E-state index contributed by atoms with van der Waals surface area (Å²) in [5.74, 6) is 1.32. The summed E-state index contributed by atoms with van der Waals surface area (Å²) < 4.78 is 6.92. The van der Waals surface area contributed by atoms with Crippen LogP contribution < -0.4 is 15.6 Å². The van der Waals surface area contributed by atoms with Gasteiger partial charge in [0, 0.05) is 24.2 Å². The maximum atomic E-state index is 12.4. The van der Waals surface area contributed by atoms with E-state index in [2.05, 4.69) is 36.1 Å². The number of nitrogens with zero attached hydrogens (tertiary/aromatic N) is 3. The van der Waals surface area contributed by atoms with Crippen molar-refractivity contribution >= 4 is 17.0 Å². The van der Waals surface area contributed by atoms with E-state index >= 15 is 0 Å². The SMILES string of the molecule is COc1ccc([C@H](C)Nc2ncc3ccc(=O)n(CC(C)(C)C)c3n2)cc1. The average Bonchev–Trinajstić information content (AvgIpc) is 2.63. The number of aromatic nitrogens is 3. The Balaban J connectivity index is 1.93. The number of anilines is 1. The molecule has 6 heteroatoms. The number of nitrogens with one attached hydrogen (secondary N) is 1. The lowest BCUT2D eigenvalue weighted by atomic mass is 9.97. The van der Waals surface area contributed by atoms with Gasteiger partial charge in [-0.3, -0.25) is 9.36 Å². The van der Waals surface area contributed by atoms with Gasteiger partial charge in [0.2, 0.25) is 5.95 Å². The van der Waals surface area contributed by atoms with Crippen LogP contribution in [0, 0.1) is 5.41 Å². The number of methoxy groups -OCH3 is 1. The quantitative estimate of drug-likeness (QED) is 0.739. The lowest BCUT2D eigenvalue weighted by Gasteiger charge is -2.21. The Morgan fingerprint density at radius 1 is 1.15 bits per heavy atom. The Hall–Kier alpha value is -2.89. The van der Waals surface area contributed by atoms with Gasteiger partial charge >= 0.3 is 0 Å². The van der Waals surface area contributed by atoms with Crippen molar-refractivity contribution in [3.05, 3.63) is 58.5 Å². The molecule has 3 rings (SSSR count). The molecule has 0 saturated heterocycles. The Kier molecular flexibility index (Phi) is 5.17. The van der Waals surface area contributed by atoms with Crippen molar-refractivity contribution in [2.75, 3.05) is 12.4 Å². The number of hydrogen-bond acceptors (Lipinski definition) is 5. The first-order valence-corrected chi connectivity index (χ1v) is 9.04. The van der Waals surface area contributed by atoms with Gasteiger partial charge in [-0.05, 0) is 36.1 Å². The first-order valence-electron chi connectivity index (χ1n) is 9.04. The lowest BCUT2D eigenvalue weighted by molar-refractivity contribution is 0.343. The average molecular weight is 366 g/mol. The van der Waals surface area contributed by atoms with Crippen LogP contribution in [0.3, 0.4) is 0 Å². The van der Waals surface area contributed by atoms with Crippen molar-refractivity contribution < 1.29 is 4.74 Å². The summed E-state index contributed by atoms with van der Waals surface area (Å²) in [5.41, 5.74) is 1.66. The highest BCUT2D eigenvalue weighted by Gasteiger charge is 2.16. The van der Waals surface area contributed by atoms with E-state index in [0.717, 1.165) is 16.7 Å². The molecule has 0 aliphatic carbocycles. The molecule has 0 aliphatic heterocycles. The number of benzene rings is 1. The van der Waals surface area contributed by atoms with Crippen LogP contribution in [0.1, 0.15) is 39.3 Å². The van der Waals surface area contributed by atoms with Crippen molar-refractivity contribution in [2.24, 2.45) is 5.41 Å². The van der Waals surface area contributed by atoms with Gasteiger partial charge < -0.3 is 10.1 Å². The zero-order chi connectivity index (χ0) is 19.6. The molecule has 6 nitrogen and oxygen atoms in total. The topological polar surface area (TPSA) is 69.0 Å². The molecule has 27 heavy (non-hydrogen) atoms. The predicted octanol–water partition coefficient (Wildman–Crippen LogP) is 4.02. The van der Waals surface area contributed by atoms with Crippen LogP contribution >= 0.6 is 0 Å². The van der Waals surface area contributed by atoms with Crippen LogP contribution in [-0.2, 0) is 6.54 Å². The fraction of sp³-hybridized carbons (Fsp3) is 0.381. The molecular formula is C21H26N4O2. The molecule has 3 aromatic rings. The molecule has 1 aromatic carbocycles. The Bertz CT molecular complexity index is 988. The van der Waals surface area contributed by atoms with Crippen LogP contribution in [0.2, 0.25) is 0 Å². The van der Waals surface area contributed by atoms with E-state index in [-0.39, 0.29) is 17.0 Å². The minimum Gasteiger partial charge on any atom is -0.497 e. The summed E-state index contributed by atoms with van der Waals surface area (Å²) in [6.45, 7) is 8.94. The molecular weight excluding hydrogens is 340 g/mol. The van der Waals surface area contributed by atoms with Gasteiger partial charge in [-0.25, -0.2) is 4.98 Å². The second-order valence-electron chi connectivity index (χ2n) is 7.93. The first-order chi connectivity index (χ1) is 12.8. The summed E-state index contributed by atoms with van der Waals surface area (Å²) >= 11 is 0. The van der Waals surface area contributed by atoms with Gasteiger partial charge in [-0.15, -0.1) is 0 Å². The van der Waals surface area contributed by atoms with Crippen molar-refractivity contribution in [1.29, 1.82) is 0 Å². The van der Waals surface area contributed by atoms with Crippen molar-refractivity contribution in [3.8, 4) is 5.75 Å². The predicted molar refractivity (Wildman–Crippen MR) is 108 cm³/mol. The van der Waals surface area contributed by atoms with Crippen LogP contribution in [0.5, 0.6) is 5.75 Å². The first kappa shape index (κ1) is 18.9. The molecule has 1 atom stereocenters. The smallest absolute Gasteiger partial charge is 0.252 e. The van der Waals surface area contributed by atoms with Gasteiger partial charge in [0.25, 0.3) is 5.56 Å². The molecule has 2 heterocycles. The normalized spacial score (nSPS) is 12.8. The number of fused-ring (bicyclic) bond motifs is 1. The fourth-order valence-electron chi connectivity index (χ4n) is 2.94. The second kappa shape index (κ2) is 7.39. The van der Waals surface area contributed by atoms with Gasteiger partial charge in [-0.2, -0.15) is 4.98 Å². The highest BCUT2D eigenvalue weighted by molar-refractivity contribution is 5.75. The number of pyridine rings is 1. The molecule has 142 valence electrons. The third-order valence-electron chi connectivity index (χ3n) is 4.32. The highest BCUT2D eigenvalue weighted by atomic mass is 16.5. The molecule has 0 saturated carbocycles. The third kappa shape index (κ3) is 4.45. The Morgan fingerprint density at radius 3 is 2.48 bits per heavy atom. The molecule has 0 radical (unpaired) electrons. The van der Waals surface area contributed by atoms with Crippen molar-refractivity contribution in [2.45, 2.75) is 40.3 Å². The van der Waals surface area contributed by atoms with Gasteiger partial charge in [0.15, 0.2) is 0 Å². The molecule has 1 N–H and O–H groups in total. The second-order valence-corrected chi connectivity index (χ2v) is 7.93.